The van der Waals surface area contributed by atoms with E-state index in [1.165, 1.54) is 122 Å². The van der Waals surface area contributed by atoms with Crippen molar-refractivity contribution in [2.24, 2.45) is 0 Å². The third-order valence-electron chi connectivity index (χ3n) is 19.4. The minimum Gasteiger partial charge on any atom is -0.329 e. The van der Waals surface area contributed by atoms with Crippen LogP contribution in [0, 0.1) is 55.7 Å². The van der Waals surface area contributed by atoms with Gasteiger partial charge in [0, 0.05) is 116 Å². The normalized spacial score (nSPS) is 19.6. The van der Waals surface area contributed by atoms with E-state index in [1.807, 2.05) is 0 Å². The first-order valence-electron chi connectivity index (χ1n) is 35.1. The molecular formula is C76H80F12N10O12S3. The molecule has 1 aliphatic carbocycles. The van der Waals surface area contributed by atoms with Crippen LogP contribution in [0.4, 0.5) is 69.7 Å². The topological polar surface area (TPSA) is 272 Å². The molecule has 37 heteroatoms. The van der Waals surface area contributed by atoms with Gasteiger partial charge in [0.25, 0.3) is 45.7 Å². The van der Waals surface area contributed by atoms with E-state index >= 15 is 26.3 Å². The van der Waals surface area contributed by atoms with Gasteiger partial charge < -0.3 is 30.7 Å². The quantitative estimate of drug-likeness (QED) is 0.0584. The van der Waals surface area contributed by atoms with Crippen LogP contribution in [0.5, 0.6) is 0 Å². The van der Waals surface area contributed by atoms with E-state index in [1.54, 1.807) is 18.2 Å². The second kappa shape index (κ2) is 34.1. The van der Waals surface area contributed by atoms with Gasteiger partial charge in [0.2, 0.25) is 20.0 Å². The van der Waals surface area contributed by atoms with Gasteiger partial charge >= 0.3 is 17.8 Å². The predicted molar refractivity (Wildman–Crippen MR) is 394 cm³/mol. The lowest BCUT2D eigenvalue weighted by atomic mass is 10.0. The van der Waals surface area contributed by atoms with Crippen LogP contribution in [-0.4, -0.2) is 176 Å². The fourth-order valence-corrected chi connectivity index (χ4v) is 18.1. The van der Waals surface area contributed by atoms with Crippen molar-refractivity contribution in [3.05, 3.63) is 225 Å². The van der Waals surface area contributed by atoms with Gasteiger partial charge in [-0.15, -0.1) is 0 Å². The molecule has 4 fully saturated rings. The van der Waals surface area contributed by atoms with Crippen molar-refractivity contribution < 1.29 is 107 Å². The maximum absolute atomic E-state index is 15.6. The highest BCUT2D eigenvalue weighted by atomic mass is 32.2. The minimum absolute atomic E-state index is 0.0347. The number of nitrogens with one attached hydrogen (secondary N) is 4. The average molecular weight is 1650 g/mol. The largest absolute Gasteiger partial charge is 0.352 e. The fraction of sp³-hybridized carbons (Fsp3) is 0.368. The number of benzene rings is 7. The fourth-order valence-electron chi connectivity index (χ4n) is 13.4. The van der Waals surface area contributed by atoms with Gasteiger partial charge in [-0.2, -0.15) is 47.7 Å². The molecule has 11 rings (SSSR count). The van der Waals surface area contributed by atoms with Gasteiger partial charge in [0.1, 0.15) is 34.9 Å². The zero-order valence-corrected chi connectivity index (χ0v) is 64.8. The molecule has 0 aromatic heterocycles. The first kappa shape index (κ1) is 87.2. The highest BCUT2D eigenvalue weighted by Crippen LogP contribution is 2.41. The molecule has 0 radical (unpaired) electrons. The number of amides is 6. The van der Waals surface area contributed by atoms with Crippen molar-refractivity contribution in [3.8, 4) is 0 Å². The Morgan fingerprint density at radius 3 is 0.920 bits per heavy atom. The molecule has 113 heavy (non-hydrogen) atoms. The van der Waals surface area contributed by atoms with Gasteiger partial charge in [-0.1, -0.05) is 18.2 Å². The van der Waals surface area contributed by atoms with Crippen LogP contribution in [0.3, 0.4) is 0 Å². The molecule has 0 unspecified atom stereocenters. The van der Waals surface area contributed by atoms with E-state index in [0.717, 1.165) is 59.7 Å². The van der Waals surface area contributed by atoms with Crippen LogP contribution in [0.1, 0.15) is 119 Å². The molecule has 0 spiro atoms. The van der Waals surface area contributed by atoms with Crippen molar-refractivity contribution in [1.82, 2.24) is 32.3 Å². The molecule has 608 valence electrons. The van der Waals surface area contributed by atoms with E-state index in [0.29, 0.717) is 49.2 Å². The highest BCUT2D eigenvalue weighted by molar-refractivity contribution is 7.90. The van der Waals surface area contributed by atoms with Gasteiger partial charge in [-0.3, -0.25) is 28.8 Å². The monoisotopic (exact) mass is 1650 g/mol. The summed E-state index contributed by atoms with van der Waals surface area (Å²) in [6.45, 7) is 11.8. The third-order valence-corrected chi connectivity index (χ3v) is 25.1. The molecule has 7 aromatic carbocycles. The SMILES string of the molecule is CNS(=O)(=O)N1C[C@@H](C)N(C(=O)C(F)(F)c2cc(C(=O)Nc3ccc(F)c(C)c3)ccc2F)[C@@H](C)C1.Cc1cc(NC(=O)c2ccc(F)c(C(F)(F)C(=O)N3[C@H](C)CN(S(=O)(=O)C4CC4)C[C@@H]3C)c2)ccc1F.Cc1cc(NC(=O)c2ccc(F)c(C(F)(F)C(=O)N3[C@H](C)CN(S(=O)(=O)c4ccccc4)C[C@@H]3C)c2)ccc1F. The summed E-state index contributed by atoms with van der Waals surface area (Å²) >= 11 is 0. The highest BCUT2D eigenvalue weighted by Gasteiger charge is 2.55. The second-order valence-corrected chi connectivity index (χ2v) is 34.0. The molecule has 4 N–H and O–H groups in total. The van der Waals surface area contributed by atoms with Crippen molar-refractivity contribution in [1.29, 1.82) is 0 Å². The molecule has 3 aliphatic heterocycles. The van der Waals surface area contributed by atoms with Crippen molar-refractivity contribution in [3.63, 3.8) is 0 Å². The number of piperazine rings is 3. The second-order valence-electron chi connectivity index (χ2n) is 28.0. The number of sulfonamides is 2. The number of alkyl halides is 6. The molecule has 3 heterocycles. The van der Waals surface area contributed by atoms with E-state index in [4.69, 9.17) is 0 Å². The van der Waals surface area contributed by atoms with Crippen LogP contribution in [-0.2, 0) is 62.4 Å². The number of rotatable bonds is 18. The van der Waals surface area contributed by atoms with Crippen molar-refractivity contribution in [2.75, 3.05) is 62.3 Å². The number of halogens is 12. The lowest BCUT2D eigenvalue weighted by Gasteiger charge is -2.44. The standard InChI is InChI=1S/C28H27F4N3O4S.C25H27F4N3O4S.C23H26F4N4O4S/c1-17-13-21(10-12-24(17)29)33-26(36)20-9-11-25(30)23(14-20)28(31,32)27(37)35-18(2)15-34(16-19(35)3)40(38,39)22-7-5-4-6-8-22;1-14-10-18(5-9-21(14)26)30-23(33)17-4-8-22(27)20(11-17)25(28,29)24(34)32-15(2)12-31(13-16(32)3)37(35,36)19-6-7-19;1-13-9-17(6-8-19(13)24)29-21(32)16-5-7-20(25)18(10-16)23(26,27)22(33)31-14(2)11-30(12-15(31)3)36(34,35)28-4/h4-14,18-19H,15-16H2,1-3H3,(H,33,36);4-5,8-11,15-16,19H,6-7,12-13H2,1-3H3,(H,30,33);5-10,14-15,28H,11-12H2,1-4H3,(H,29,32)/t18-,19+;15-,16+;14-,15+. The Balaban J connectivity index is 0.000000195. The van der Waals surface area contributed by atoms with E-state index in [9.17, 15) is 80.4 Å². The Kier molecular flexibility index (Phi) is 26.3. The van der Waals surface area contributed by atoms with E-state index in [2.05, 4.69) is 20.7 Å². The number of aryl methyl sites for hydroxylation is 3. The lowest BCUT2D eigenvalue weighted by Crippen LogP contribution is -2.63. The molecule has 6 atom stereocenters. The summed E-state index contributed by atoms with van der Waals surface area (Å²) in [6, 6.07) is 20.1. The van der Waals surface area contributed by atoms with Crippen molar-refractivity contribution in [2.45, 2.75) is 139 Å². The number of carbonyl (C=O) groups excluding carboxylic acids is 6. The summed E-state index contributed by atoms with van der Waals surface area (Å²) in [5.74, 6) is -26.4. The van der Waals surface area contributed by atoms with Gasteiger partial charge in [-0.25, -0.2) is 47.9 Å². The van der Waals surface area contributed by atoms with E-state index < -0.39 is 177 Å². The molecule has 22 nitrogen and oxygen atoms in total. The summed E-state index contributed by atoms with van der Waals surface area (Å²) < 4.78 is 258. The number of hydrogen-bond donors (Lipinski definition) is 4. The van der Waals surface area contributed by atoms with E-state index in [-0.39, 0.29) is 94.6 Å². The van der Waals surface area contributed by atoms with Crippen LogP contribution in [0.25, 0.3) is 0 Å². The Bertz CT molecular complexity index is 5150. The first-order chi connectivity index (χ1) is 52.6. The molecule has 3 saturated heterocycles. The molecule has 0 bridgehead atoms. The summed E-state index contributed by atoms with van der Waals surface area (Å²) in [6.07, 6.45) is 1.10. The Hall–Kier alpha value is -9.79. The van der Waals surface area contributed by atoms with Gasteiger partial charge in [-0.05, 0) is 213 Å². The third kappa shape index (κ3) is 19.0. The molecule has 7 aromatic rings. The maximum atomic E-state index is 15.6. The first-order valence-corrected chi connectivity index (χ1v) is 39.5. The lowest BCUT2D eigenvalue weighted by molar-refractivity contribution is -0.167. The number of hydrogen-bond acceptors (Lipinski definition) is 12. The zero-order chi connectivity index (χ0) is 83.7. The summed E-state index contributed by atoms with van der Waals surface area (Å²) in [4.78, 5) is 79.7. The Morgan fingerprint density at radius 1 is 0.372 bits per heavy atom. The summed E-state index contributed by atoms with van der Waals surface area (Å²) in [5.41, 5.74) is -3.52. The van der Waals surface area contributed by atoms with Crippen LogP contribution in [0.2, 0.25) is 0 Å². The summed E-state index contributed by atoms with van der Waals surface area (Å²) in [7, 11) is -10.1. The Labute approximate surface area is 644 Å². The number of carbonyl (C=O) groups is 6. The molecule has 6 amide bonds. The van der Waals surface area contributed by atoms with Gasteiger partial charge in [0.15, 0.2) is 0 Å². The molecular weight excluding hydrogens is 1570 g/mol. The van der Waals surface area contributed by atoms with Crippen LogP contribution < -0.4 is 20.7 Å². The Morgan fingerprint density at radius 2 is 0.646 bits per heavy atom. The number of anilines is 3. The molecule has 1 saturated carbocycles. The smallest absolute Gasteiger partial charge is 0.329 e. The molecule has 4 aliphatic rings. The average Bonchev–Trinajstić information content (AvgIpc) is 1.74. The number of nitrogens with zero attached hydrogens (tertiary/aromatic N) is 6. The summed E-state index contributed by atoms with van der Waals surface area (Å²) in [5, 5.41) is 6.81. The predicted octanol–water partition coefficient (Wildman–Crippen LogP) is 12.0. The minimum atomic E-state index is -4.37. The van der Waals surface area contributed by atoms with Crippen LogP contribution in [0.15, 0.2) is 144 Å². The van der Waals surface area contributed by atoms with Crippen LogP contribution >= 0.6 is 0 Å². The maximum Gasteiger partial charge on any atom is 0.352 e. The van der Waals surface area contributed by atoms with Crippen molar-refractivity contribution >= 4 is 82.8 Å². The van der Waals surface area contributed by atoms with Gasteiger partial charge in [0.05, 0.1) is 26.8 Å². The zero-order valence-electron chi connectivity index (χ0n) is 62.3.